The van der Waals surface area contributed by atoms with Crippen molar-refractivity contribution in [1.82, 2.24) is 9.61 Å². The predicted molar refractivity (Wildman–Crippen MR) is 95.5 cm³/mol. The molecule has 0 aliphatic rings. The Kier molecular flexibility index (Phi) is 5.06. The van der Waals surface area contributed by atoms with E-state index in [9.17, 15) is 14.7 Å². The van der Waals surface area contributed by atoms with Gasteiger partial charge in [0.15, 0.2) is 0 Å². The normalized spacial score (nSPS) is 11.8. The van der Waals surface area contributed by atoms with Gasteiger partial charge in [-0.3, -0.25) is 5.32 Å². The lowest BCUT2D eigenvalue weighted by Crippen LogP contribution is -2.27. The van der Waals surface area contributed by atoms with E-state index in [4.69, 9.17) is 4.74 Å². The average Bonchev–Trinajstić information content (AvgIpc) is 2.85. The number of carbonyl (C=O) groups is 2. The van der Waals surface area contributed by atoms with E-state index in [1.807, 2.05) is 26.8 Å². The van der Waals surface area contributed by atoms with Crippen LogP contribution in [0, 0.1) is 0 Å². The van der Waals surface area contributed by atoms with E-state index < -0.39 is 17.7 Å². The van der Waals surface area contributed by atoms with Crippen LogP contribution in [0.15, 0.2) is 12.3 Å². The Bertz CT molecular complexity index is 816. The molecule has 2 N–H and O–H groups in total. The van der Waals surface area contributed by atoms with E-state index in [-0.39, 0.29) is 11.5 Å². The fraction of sp³-hybridized carbons (Fsp3) is 0.500. The van der Waals surface area contributed by atoms with E-state index in [0.717, 1.165) is 5.56 Å². The molecule has 0 aliphatic heterocycles. The first kappa shape index (κ1) is 18.8. The molecule has 2 heterocycles. The van der Waals surface area contributed by atoms with Crippen LogP contribution in [0.25, 0.3) is 5.52 Å². The number of rotatable bonds is 4. The highest BCUT2D eigenvalue weighted by atomic mass is 16.6. The molecule has 0 aliphatic carbocycles. The maximum atomic E-state index is 12.3. The molecular weight excluding hydrogens is 322 g/mol. The molecule has 25 heavy (non-hydrogen) atoms. The van der Waals surface area contributed by atoms with Gasteiger partial charge >= 0.3 is 12.1 Å². The second-order valence-corrected chi connectivity index (χ2v) is 7.21. The van der Waals surface area contributed by atoms with Gasteiger partial charge in [-0.15, -0.1) is 0 Å². The van der Waals surface area contributed by atoms with Crippen molar-refractivity contribution < 1.29 is 19.4 Å². The molecule has 7 nitrogen and oxygen atoms in total. The van der Waals surface area contributed by atoms with Crippen molar-refractivity contribution >= 4 is 23.3 Å². The summed E-state index contributed by atoms with van der Waals surface area (Å²) in [6.07, 6.45) is 1.72. The van der Waals surface area contributed by atoms with Gasteiger partial charge in [0.1, 0.15) is 16.7 Å². The number of nitrogens with one attached hydrogen (secondary N) is 1. The van der Waals surface area contributed by atoms with Crippen molar-refractivity contribution in [2.45, 2.75) is 59.5 Å². The smallest absolute Gasteiger partial charge is 0.412 e. The van der Waals surface area contributed by atoms with Crippen LogP contribution in [-0.2, 0) is 11.2 Å². The minimum atomic E-state index is -1.07. The average molecular weight is 347 g/mol. The quantitative estimate of drug-likeness (QED) is 0.870. The Balaban J connectivity index is 2.67. The summed E-state index contributed by atoms with van der Waals surface area (Å²) < 4.78 is 6.82. The van der Waals surface area contributed by atoms with Gasteiger partial charge in [0, 0.05) is 6.20 Å². The third-order valence-corrected chi connectivity index (χ3v) is 3.68. The van der Waals surface area contributed by atoms with E-state index in [0.29, 0.717) is 23.3 Å². The first-order valence-corrected chi connectivity index (χ1v) is 8.32. The number of hydrogen-bond acceptors (Lipinski definition) is 4. The zero-order valence-electron chi connectivity index (χ0n) is 15.5. The summed E-state index contributed by atoms with van der Waals surface area (Å²) in [4.78, 5) is 24.1. The molecular formula is C18H25N3O4. The topological polar surface area (TPSA) is 92.9 Å². The van der Waals surface area contributed by atoms with Crippen LogP contribution >= 0.6 is 0 Å². The molecule has 0 saturated carbocycles. The van der Waals surface area contributed by atoms with Crippen LogP contribution in [0.1, 0.15) is 69.1 Å². The summed E-state index contributed by atoms with van der Waals surface area (Å²) in [7, 11) is 0. The van der Waals surface area contributed by atoms with Crippen LogP contribution < -0.4 is 5.32 Å². The Morgan fingerprint density at radius 2 is 2.00 bits per heavy atom. The predicted octanol–water partition coefficient (Wildman–Crippen LogP) is 4.07. The third kappa shape index (κ3) is 3.92. The standard InChI is InChI=1S/C18H25N3O4/c1-7-11-8-9-21-15(12(16(22)23)13(20-21)10(2)3)14(11)19-17(24)25-18(4,5)6/h8-10H,7H2,1-6H3,(H,19,24)(H,22,23). The van der Waals surface area contributed by atoms with Crippen LogP contribution in [0.4, 0.5) is 10.5 Å². The second kappa shape index (κ2) is 6.74. The first-order chi connectivity index (χ1) is 11.5. The van der Waals surface area contributed by atoms with Gasteiger partial charge in [-0.2, -0.15) is 5.10 Å². The first-order valence-electron chi connectivity index (χ1n) is 8.32. The lowest BCUT2D eigenvalue weighted by Gasteiger charge is -2.20. The van der Waals surface area contributed by atoms with Crippen molar-refractivity contribution in [3.05, 3.63) is 29.1 Å². The largest absolute Gasteiger partial charge is 0.478 e. The summed E-state index contributed by atoms with van der Waals surface area (Å²) in [5.41, 5.74) is 1.55. The number of aromatic carboxylic acids is 1. The van der Waals surface area contributed by atoms with Crippen LogP contribution in [0.3, 0.4) is 0 Å². The molecule has 0 atom stereocenters. The fourth-order valence-corrected chi connectivity index (χ4v) is 2.65. The Morgan fingerprint density at radius 3 is 2.48 bits per heavy atom. The molecule has 2 aromatic rings. The number of nitrogens with zero attached hydrogens (tertiary/aromatic N) is 2. The summed E-state index contributed by atoms with van der Waals surface area (Å²) >= 11 is 0. The van der Waals surface area contributed by atoms with Crippen LogP contribution in [0.2, 0.25) is 0 Å². The number of aromatic nitrogens is 2. The van der Waals surface area contributed by atoms with E-state index >= 15 is 0 Å². The minimum Gasteiger partial charge on any atom is -0.478 e. The Labute approximate surface area is 147 Å². The molecule has 2 rings (SSSR count). The lowest BCUT2D eigenvalue weighted by atomic mass is 10.0. The van der Waals surface area contributed by atoms with Crippen molar-refractivity contribution in [2.75, 3.05) is 5.32 Å². The van der Waals surface area contributed by atoms with Gasteiger partial charge in [-0.25, -0.2) is 14.1 Å². The summed E-state index contributed by atoms with van der Waals surface area (Å²) in [6.45, 7) is 11.0. The van der Waals surface area contributed by atoms with Crippen molar-refractivity contribution in [1.29, 1.82) is 0 Å². The molecule has 0 unspecified atom stereocenters. The Morgan fingerprint density at radius 1 is 1.36 bits per heavy atom. The van der Waals surface area contributed by atoms with Crippen molar-refractivity contribution in [3.8, 4) is 0 Å². The van der Waals surface area contributed by atoms with Gasteiger partial charge in [-0.1, -0.05) is 20.8 Å². The summed E-state index contributed by atoms with van der Waals surface area (Å²) in [5, 5.41) is 16.8. The van der Waals surface area contributed by atoms with E-state index in [1.54, 1.807) is 27.0 Å². The van der Waals surface area contributed by atoms with Gasteiger partial charge in [0.25, 0.3) is 0 Å². The van der Waals surface area contributed by atoms with Gasteiger partial charge in [0.2, 0.25) is 0 Å². The molecule has 2 aromatic heterocycles. The molecule has 0 aromatic carbocycles. The van der Waals surface area contributed by atoms with Gasteiger partial charge in [-0.05, 0) is 44.7 Å². The number of carboxylic acids is 1. The zero-order valence-corrected chi connectivity index (χ0v) is 15.5. The fourth-order valence-electron chi connectivity index (χ4n) is 2.65. The van der Waals surface area contributed by atoms with Crippen molar-refractivity contribution in [2.24, 2.45) is 0 Å². The highest BCUT2D eigenvalue weighted by Gasteiger charge is 2.26. The SMILES string of the molecule is CCc1ccn2nc(C(C)C)c(C(=O)O)c2c1NC(=O)OC(C)(C)C. The van der Waals surface area contributed by atoms with Gasteiger partial charge in [0.05, 0.1) is 11.4 Å². The second-order valence-electron chi connectivity index (χ2n) is 7.21. The van der Waals surface area contributed by atoms with Crippen LogP contribution in [0.5, 0.6) is 0 Å². The molecule has 0 bridgehead atoms. The number of ether oxygens (including phenoxy) is 1. The number of fused-ring (bicyclic) bond motifs is 1. The van der Waals surface area contributed by atoms with Crippen molar-refractivity contribution in [3.63, 3.8) is 0 Å². The maximum Gasteiger partial charge on any atom is 0.412 e. The molecule has 0 fully saturated rings. The van der Waals surface area contributed by atoms with Crippen LogP contribution in [-0.4, -0.2) is 32.4 Å². The van der Waals surface area contributed by atoms with Gasteiger partial charge < -0.3 is 9.84 Å². The monoisotopic (exact) mass is 347 g/mol. The zero-order chi connectivity index (χ0) is 18.9. The van der Waals surface area contributed by atoms with E-state index in [2.05, 4.69) is 10.4 Å². The maximum absolute atomic E-state index is 12.3. The Hall–Kier alpha value is -2.57. The minimum absolute atomic E-state index is 0.0644. The number of amides is 1. The summed E-state index contributed by atoms with van der Waals surface area (Å²) in [5.74, 6) is -1.13. The number of carbonyl (C=O) groups excluding carboxylic acids is 1. The van der Waals surface area contributed by atoms with E-state index in [1.165, 1.54) is 4.52 Å². The molecule has 136 valence electrons. The number of aryl methyl sites for hydroxylation is 1. The number of pyridine rings is 1. The third-order valence-electron chi connectivity index (χ3n) is 3.68. The lowest BCUT2D eigenvalue weighted by molar-refractivity contribution is 0.0633. The number of hydrogen-bond donors (Lipinski definition) is 2. The molecule has 7 heteroatoms. The molecule has 0 spiro atoms. The highest BCUT2D eigenvalue weighted by Crippen LogP contribution is 2.31. The molecule has 0 radical (unpaired) electrons. The summed E-state index contributed by atoms with van der Waals surface area (Å²) in [6, 6.07) is 1.82. The highest BCUT2D eigenvalue weighted by molar-refractivity contribution is 6.04. The molecule has 0 saturated heterocycles. The number of carboxylic acid groups (broad SMARTS) is 1. The molecule has 1 amide bonds. The number of anilines is 1.